The van der Waals surface area contributed by atoms with Crippen molar-refractivity contribution in [3.63, 3.8) is 0 Å². The number of carboxylic acid groups (broad SMARTS) is 1. The third-order valence-corrected chi connectivity index (χ3v) is 2.81. The van der Waals surface area contributed by atoms with Crippen molar-refractivity contribution in [2.75, 3.05) is 6.26 Å². The molecule has 0 unspecified atom stereocenters. The second kappa shape index (κ2) is 3.75. The Morgan fingerprint density at radius 2 is 2.06 bits per heavy atom. The first-order valence-electron chi connectivity index (χ1n) is 4.56. The van der Waals surface area contributed by atoms with Crippen molar-refractivity contribution in [2.45, 2.75) is 19.0 Å². The third kappa shape index (κ3) is 1.53. The van der Waals surface area contributed by atoms with Crippen LogP contribution in [-0.4, -0.2) is 36.9 Å². The van der Waals surface area contributed by atoms with Crippen LogP contribution in [-0.2, 0) is 0 Å². The molecule has 2 aromatic rings. The number of aromatic nitrogens is 4. The van der Waals surface area contributed by atoms with E-state index < -0.39 is 5.97 Å². The summed E-state index contributed by atoms with van der Waals surface area (Å²) >= 11 is 1.39. The zero-order valence-electron chi connectivity index (χ0n) is 9.05. The Hall–Kier alpha value is -1.63. The molecule has 0 amide bonds. The number of carbonyl (C=O) groups is 1. The van der Waals surface area contributed by atoms with Crippen LogP contribution < -0.4 is 0 Å². The first-order valence-corrected chi connectivity index (χ1v) is 5.78. The van der Waals surface area contributed by atoms with Gasteiger partial charge in [0.15, 0.2) is 0 Å². The quantitative estimate of drug-likeness (QED) is 0.791. The lowest BCUT2D eigenvalue weighted by Gasteiger charge is -2.04. The summed E-state index contributed by atoms with van der Waals surface area (Å²) in [4.78, 5) is 19.3. The van der Waals surface area contributed by atoms with Crippen LogP contribution in [0.3, 0.4) is 0 Å². The Labute approximate surface area is 95.7 Å². The van der Waals surface area contributed by atoms with Crippen LogP contribution in [0, 0.1) is 13.8 Å². The van der Waals surface area contributed by atoms with E-state index in [0.717, 1.165) is 0 Å². The molecule has 0 fully saturated rings. The maximum atomic E-state index is 11.1. The summed E-state index contributed by atoms with van der Waals surface area (Å²) in [6.45, 7) is 3.35. The van der Waals surface area contributed by atoms with Crippen molar-refractivity contribution in [1.82, 2.24) is 19.6 Å². The van der Waals surface area contributed by atoms with Gasteiger partial charge in [0.2, 0.25) is 5.16 Å². The Bertz CT molecular complexity index is 578. The van der Waals surface area contributed by atoms with Gasteiger partial charge in [0, 0.05) is 0 Å². The molecule has 6 nitrogen and oxygen atoms in total. The minimum atomic E-state index is -0.995. The number of aromatic carboxylic acids is 1. The number of rotatable bonds is 2. The summed E-state index contributed by atoms with van der Waals surface area (Å²) in [6, 6.07) is 0. The topological polar surface area (TPSA) is 80.4 Å². The van der Waals surface area contributed by atoms with Crippen LogP contribution in [0.25, 0.3) is 5.78 Å². The van der Waals surface area contributed by atoms with E-state index in [0.29, 0.717) is 22.3 Å². The molecule has 0 aliphatic rings. The highest BCUT2D eigenvalue weighted by Gasteiger charge is 2.17. The van der Waals surface area contributed by atoms with Crippen molar-refractivity contribution in [2.24, 2.45) is 0 Å². The maximum absolute atomic E-state index is 11.1. The number of hydrogen-bond donors (Lipinski definition) is 1. The average Bonchev–Trinajstić information content (AvgIpc) is 2.60. The van der Waals surface area contributed by atoms with Gasteiger partial charge in [-0.05, 0) is 20.1 Å². The SMILES string of the molecule is CSc1nc2nc(C)c(C(=O)O)c(C)n2n1. The van der Waals surface area contributed by atoms with Gasteiger partial charge in [-0.25, -0.2) is 9.78 Å². The Morgan fingerprint density at radius 1 is 1.38 bits per heavy atom. The highest BCUT2D eigenvalue weighted by atomic mass is 32.2. The molecule has 0 aliphatic heterocycles. The number of carboxylic acids is 1. The fourth-order valence-electron chi connectivity index (χ4n) is 1.55. The average molecular weight is 238 g/mol. The lowest BCUT2D eigenvalue weighted by Crippen LogP contribution is -2.10. The predicted octanol–water partition coefficient (Wildman–Crippen LogP) is 1.16. The molecule has 0 saturated carbocycles. The van der Waals surface area contributed by atoms with Crippen LogP contribution in [0.2, 0.25) is 0 Å². The second-order valence-corrected chi connectivity index (χ2v) is 4.05. The van der Waals surface area contributed by atoms with Crippen LogP contribution >= 0.6 is 11.8 Å². The Kier molecular flexibility index (Phi) is 2.55. The molecule has 2 rings (SSSR count). The molecule has 1 N–H and O–H groups in total. The van der Waals surface area contributed by atoms with Crippen LogP contribution in [0.15, 0.2) is 5.16 Å². The van der Waals surface area contributed by atoms with Crippen LogP contribution in [0.1, 0.15) is 21.7 Å². The van der Waals surface area contributed by atoms with Gasteiger partial charge in [0.05, 0.1) is 11.4 Å². The smallest absolute Gasteiger partial charge is 0.339 e. The minimum absolute atomic E-state index is 0.185. The lowest BCUT2D eigenvalue weighted by atomic mass is 10.2. The van der Waals surface area contributed by atoms with Crippen LogP contribution in [0.5, 0.6) is 0 Å². The zero-order valence-corrected chi connectivity index (χ0v) is 9.87. The summed E-state index contributed by atoms with van der Waals surface area (Å²) in [5.41, 5.74) is 1.19. The molecule has 0 radical (unpaired) electrons. The van der Waals surface area contributed by atoms with Gasteiger partial charge in [0.1, 0.15) is 5.56 Å². The summed E-state index contributed by atoms with van der Waals surface area (Å²) < 4.78 is 1.46. The summed E-state index contributed by atoms with van der Waals surface area (Å²) in [5.74, 6) is -0.560. The van der Waals surface area contributed by atoms with Gasteiger partial charge >= 0.3 is 5.97 Å². The first kappa shape index (κ1) is 10.9. The van der Waals surface area contributed by atoms with Crippen molar-refractivity contribution < 1.29 is 9.90 Å². The van der Waals surface area contributed by atoms with Gasteiger partial charge in [-0.3, -0.25) is 0 Å². The fourth-order valence-corrected chi connectivity index (χ4v) is 1.89. The molecular weight excluding hydrogens is 228 g/mol. The van der Waals surface area contributed by atoms with Crippen molar-refractivity contribution in [1.29, 1.82) is 0 Å². The molecule has 2 heterocycles. The Morgan fingerprint density at radius 3 is 2.62 bits per heavy atom. The summed E-state index contributed by atoms with van der Waals surface area (Å²) in [5, 5.41) is 13.8. The summed E-state index contributed by atoms with van der Waals surface area (Å²) in [6.07, 6.45) is 1.86. The van der Waals surface area contributed by atoms with Crippen molar-refractivity contribution >= 4 is 23.5 Å². The zero-order chi connectivity index (χ0) is 11.9. The van der Waals surface area contributed by atoms with Crippen LogP contribution in [0.4, 0.5) is 0 Å². The van der Waals surface area contributed by atoms with E-state index in [9.17, 15) is 4.79 Å². The van der Waals surface area contributed by atoms with E-state index in [1.165, 1.54) is 16.3 Å². The van der Waals surface area contributed by atoms with Gasteiger partial charge in [-0.15, -0.1) is 5.10 Å². The molecule has 0 aromatic carbocycles. The van der Waals surface area contributed by atoms with Gasteiger partial charge in [-0.2, -0.15) is 9.50 Å². The minimum Gasteiger partial charge on any atom is -0.478 e. The fraction of sp³-hybridized carbons (Fsp3) is 0.333. The second-order valence-electron chi connectivity index (χ2n) is 3.27. The number of fused-ring (bicyclic) bond motifs is 1. The van der Waals surface area contributed by atoms with E-state index in [2.05, 4.69) is 15.1 Å². The normalized spacial score (nSPS) is 10.9. The van der Waals surface area contributed by atoms with Crippen molar-refractivity contribution in [3.05, 3.63) is 17.0 Å². The number of aryl methyl sites for hydroxylation is 2. The molecule has 16 heavy (non-hydrogen) atoms. The molecule has 7 heteroatoms. The van der Waals surface area contributed by atoms with Gasteiger partial charge in [-0.1, -0.05) is 11.8 Å². The largest absolute Gasteiger partial charge is 0.478 e. The van der Waals surface area contributed by atoms with E-state index in [1.54, 1.807) is 13.8 Å². The standard InChI is InChI=1S/C9H10N4O2S/c1-4-6(7(14)15)5(2)13-8(10-4)11-9(12-13)16-3/h1-3H3,(H,14,15). The molecule has 0 saturated heterocycles. The third-order valence-electron chi connectivity index (χ3n) is 2.28. The predicted molar refractivity (Wildman–Crippen MR) is 59.0 cm³/mol. The number of hydrogen-bond acceptors (Lipinski definition) is 5. The van der Waals surface area contributed by atoms with E-state index in [4.69, 9.17) is 5.11 Å². The molecule has 0 spiro atoms. The molecular formula is C9H10N4O2S. The number of thioether (sulfide) groups is 1. The van der Waals surface area contributed by atoms with Crippen molar-refractivity contribution in [3.8, 4) is 0 Å². The highest BCUT2D eigenvalue weighted by Crippen LogP contribution is 2.16. The molecule has 84 valence electrons. The van der Waals surface area contributed by atoms with E-state index in [1.807, 2.05) is 6.26 Å². The highest BCUT2D eigenvalue weighted by molar-refractivity contribution is 7.98. The lowest BCUT2D eigenvalue weighted by molar-refractivity contribution is 0.0694. The first-order chi connectivity index (χ1) is 7.54. The Balaban J connectivity index is 2.81. The summed E-state index contributed by atoms with van der Waals surface area (Å²) in [7, 11) is 0. The monoisotopic (exact) mass is 238 g/mol. The van der Waals surface area contributed by atoms with E-state index >= 15 is 0 Å². The maximum Gasteiger partial charge on any atom is 0.339 e. The molecule has 0 aliphatic carbocycles. The van der Waals surface area contributed by atoms with Gasteiger partial charge < -0.3 is 5.11 Å². The molecule has 2 aromatic heterocycles. The van der Waals surface area contributed by atoms with E-state index in [-0.39, 0.29) is 5.56 Å². The molecule has 0 bridgehead atoms. The van der Waals surface area contributed by atoms with Gasteiger partial charge in [0.25, 0.3) is 5.78 Å². The molecule has 0 atom stereocenters. The number of nitrogens with zero attached hydrogens (tertiary/aromatic N) is 4.